The number of carbonyl (C=O) groups excluding carboxylic acids is 1. The van der Waals surface area contributed by atoms with Gasteiger partial charge in [-0.15, -0.1) is 0 Å². The van der Waals surface area contributed by atoms with Crippen molar-refractivity contribution < 1.29 is 4.79 Å². The zero-order valence-corrected chi connectivity index (χ0v) is 13.1. The monoisotopic (exact) mass is 276 g/mol. The minimum absolute atomic E-state index is 0.246. The van der Waals surface area contributed by atoms with E-state index in [1.807, 2.05) is 17.0 Å². The van der Waals surface area contributed by atoms with E-state index in [9.17, 15) is 4.79 Å². The molecule has 1 rings (SSSR count). The Hall–Kier alpha value is -1.35. The van der Waals surface area contributed by atoms with Gasteiger partial charge in [0.1, 0.15) is 0 Å². The minimum atomic E-state index is 0.246. The molecule has 1 amide bonds. The van der Waals surface area contributed by atoms with Gasteiger partial charge < -0.3 is 10.6 Å². The van der Waals surface area contributed by atoms with Gasteiger partial charge in [-0.25, -0.2) is 0 Å². The van der Waals surface area contributed by atoms with Crippen LogP contribution in [0.2, 0.25) is 0 Å². The molecule has 0 atom stereocenters. The van der Waals surface area contributed by atoms with Gasteiger partial charge in [0, 0.05) is 19.5 Å². The van der Waals surface area contributed by atoms with Crippen molar-refractivity contribution in [2.75, 3.05) is 19.6 Å². The Morgan fingerprint density at radius 1 is 1.30 bits per heavy atom. The van der Waals surface area contributed by atoms with Gasteiger partial charge in [0.15, 0.2) is 0 Å². The third-order valence-corrected chi connectivity index (χ3v) is 3.44. The standard InChI is InChI=1S/C17H28N2O/c1-14(2)13-19(12-6-11-18)17(20)10-9-16-8-5-4-7-15(16)3/h4-5,7-8,14H,6,9-13,18H2,1-3H3. The summed E-state index contributed by atoms with van der Waals surface area (Å²) in [7, 11) is 0. The molecule has 0 aliphatic carbocycles. The Kier molecular flexibility index (Phi) is 7.31. The van der Waals surface area contributed by atoms with E-state index in [0.717, 1.165) is 25.9 Å². The number of carbonyl (C=O) groups is 1. The molecule has 0 aliphatic rings. The van der Waals surface area contributed by atoms with Crippen molar-refractivity contribution in [3.05, 3.63) is 35.4 Å². The first-order valence-electron chi connectivity index (χ1n) is 7.57. The highest BCUT2D eigenvalue weighted by Crippen LogP contribution is 2.11. The quantitative estimate of drug-likeness (QED) is 0.793. The Balaban J connectivity index is 2.54. The lowest BCUT2D eigenvalue weighted by atomic mass is 10.0. The van der Waals surface area contributed by atoms with E-state index in [-0.39, 0.29) is 5.91 Å². The fourth-order valence-corrected chi connectivity index (χ4v) is 2.33. The Morgan fingerprint density at radius 3 is 2.60 bits per heavy atom. The first-order valence-corrected chi connectivity index (χ1v) is 7.57. The number of nitrogens with zero attached hydrogens (tertiary/aromatic N) is 1. The number of rotatable bonds is 8. The van der Waals surface area contributed by atoms with Gasteiger partial charge in [-0.3, -0.25) is 4.79 Å². The van der Waals surface area contributed by atoms with Crippen LogP contribution in [-0.4, -0.2) is 30.4 Å². The van der Waals surface area contributed by atoms with Crippen LogP contribution < -0.4 is 5.73 Å². The molecular weight excluding hydrogens is 248 g/mol. The summed E-state index contributed by atoms with van der Waals surface area (Å²) in [5.41, 5.74) is 8.08. The van der Waals surface area contributed by atoms with E-state index in [2.05, 4.69) is 32.9 Å². The van der Waals surface area contributed by atoms with Gasteiger partial charge in [0.2, 0.25) is 5.91 Å². The second-order valence-corrected chi connectivity index (χ2v) is 5.80. The first kappa shape index (κ1) is 16.7. The van der Waals surface area contributed by atoms with E-state index in [1.54, 1.807) is 0 Å². The Morgan fingerprint density at radius 2 is 2.00 bits per heavy atom. The second kappa shape index (κ2) is 8.75. The molecule has 1 aromatic rings. The lowest BCUT2D eigenvalue weighted by molar-refractivity contribution is -0.131. The van der Waals surface area contributed by atoms with Crippen LogP contribution in [0, 0.1) is 12.8 Å². The summed E-state index contributed by atoms with van der Waals surface area (Å²) < 4.78 is 0. The van der Waals surface area contributed by atoms with E-state index in [4.69, 9.17) is 5.73 Å². The third kappa shape index (κ3) is 5.74. The molecule has 0 saturated heterocycles. The molecule has 0 fully saturated rings. The highest BCUT2D eigenvalue weighted by Gasteiger charge is 2.14. The van der Waals surface area contributed by atoms with Crippen molar-refractivity contribution in [1.82, 2.24) is 4.90 Å². The number of benzene rings is 1. The molecule has 0 bridgehead atoms. The molecule has 0 heterocycles. The van der Waals surface area contributed by atoms with Crippen LogP contribution in [0.3, 0.4) is 0 Å². The molecule has 2 N–H and O–H groups in total. The summed E-state index contributed by atoms with van der Waals surface area (Å²) in [5.74, 6) is 0.741. The average Bonchev–Trinajstić information content (AvgIpc) is 2.41. The van der Waals surface area contributed by atoms with Crippen molar-refractivity contribution in [3.8, 4) is 0 Å². The molecule has 3 heteroatoms. The largest absolute Gasteiger partial charge is 0.342 e. The van der Waals surface area contributed by atoms with E-state index < -0.39 is 0 Å². The van der Waals surface area contributed by atoms with Crippen molar-refractivity contribution in [3.63, 3.8) is 0 Å². The van der Waals surface area contributed by atoms with Crippen LogP contribution in [0.4, 0.5) is 0 Å². The predicted molar refractivity (Wildman–Crippen MR) is 84.6 cm³/mol. The molecule has 0 aromatic heterocycles. The van der Waals surface area contributed by atoms with Crippen molar-refractivity contribution in [2.45, 2.75) is 40.0 Å². The molecule has 1 aromatic carbocycles. The first-order chi connectivity index (χ1) is 9.54. The number of hydrogen-bond donors (Lipinski definition) is 1. The van der Waals surface area contributed by atoms with Gasteiger partial charge in [-0.2, -0.15) is 0 Å². The Labute approximate surface area is 123 Å². The normalized spacial score (nSPS) is 10.8. The highest BCUT2D eigenvalue weighted by molar-refractivity contribution is 5.76. The molecule has 0 unspecified atom stereocenters. The molecule has 0 saturated carbocycles. The van der Waals surface area contributed by atoms with Gasteiger partial charge in [-0.05, 0) is 43.4 Å². The van der Waals surface area contributed by atoms with E-state index in [0.29, 0.717) is 18.9 Å². The number of hydrogen-bond acceptors (Lipinski definition) is 2. The third-order valence-electron chi connectivity index (χ3n) is 3.44. The summed E-state index contributed by atoms with van der Waals surface area (Å²) in [6.07, 6.45) is 2.29. The van der Waals surface area contributed by atoms with Crippen LogP contribution >= 0.6 is 0 Å². The molecule has 112 valence electrons. The van der Waals surface area contributed by atoms with Gasteiger partial charge in [0.25, 0.3) is 0 Å². The zero-order valence-electron chi connectivity index (χ0n) is 13.1. The predicted octanol–water partition coefficient (Wildman–Crippen LogP) is 2.76. The maximum Gasteiger partial charge on any atom is 0.222 e. The van der Waals surface area contributed by atoms with Crippen LogP contribution in [0.5, 0.6) is 0 Å². The SMILES string of the molecule is Cc1ccccc1CCC(=O)N(CCCN)CC(C)C. The van der Waals surface area contributed by atoms with Crippen molar-refractivity contribution in [1.29, 1.82) is 0 Å². The van der Waals surface area contributed by atoms with E-state index in [1.165, 1.54) is 11.1 Å². The summed E-state index contributed by atoms with van der Waals surface area (Å²) in [5, 5.41) is 0. The molecule has 0 aliphatic heterocycles. The zero-order chi connectivity index (χ0) is 15.0. The van der Waals surface area contributed by atoms with Gasteiger partial charge >= 0.3 is 0 Å². The van der Waals surface area contributed by atoms with Gasteiger partial charge in [-0.1, -0.05) is 38.1 Å². The smallest absolute Gasteiger partial charge is 0.222 e. The summed E-state index contributed by atoms with van der Waals surface area (Å²) in [4.78, 5) is 14.3. The molecule has 3 nitrogen and oxygen atoms in total. The lowest BCUT2D eigenvalue weighted by Crippen LogP contribution is -2.36. The Bertz CT molecular complexity index is 415. The highest BCUT2D eigenvalue weighted by atomic mass is 16.2. The molecule has 0 spiro atoms. The number of nitrogens with two attached hydrogens (primary N) is 1. The van der Waals surface area contributed by atoms with Crippen LogP contribution in [0.1, 0.15) is 37.8 Å². The lowest BCUT2D eigenvalue weighted by Gasteiger charge is -2.24. The van der Waals surface area contributed by atoms with Crippen LogP contribution in [0.15, 0.2) is 24.3 Å². The van der Waals surface area contributed by atoms with Gasteiger partial charge in [0.05, 0.1) is 0 Å². The molecular formula is C17H28N2O. The van der Waals surface area contributed by atoms with Crippen molar-refractivity contribution >= 4 is 5.91 Å². The van der Waals surface area contributed by atoms with Crippen LogP contribution in [0.25, 0.3) is 0 Å². The van der Waals surface area contributed by atoms with Crippen molar-refractivity contribution in [2.24, 2.45) is 11.7 Å². The summed E-state index contributed by atoms with van der Waals surface area (Å²) in [6, 6.07) is 8.27. The molecule has 0 radical (unpaired) electrons. The maximum absolute atomic E-state index is 12.4. The fraction of sp³-hybridized carbons (Fsp3) is 0.588. The molecule has 20 heavy (non-hydrogen) atoms. The summed E-state index contributed by atoms with van der Waals surface area (Å²) >= 11 is 0. The maximum atomic E-state index is 12.4. The summed E-state index contributed by atoms with van der Waals surface area (Å²) in [6.45, 7) is 8.63. The van der Waals surface area contributed by atoms with Crippen LogP contribution in [-0.2, 0) is 11.2 Å². The van der Waals surface area contributed by atoms with E-state index >= 15 is 0 Å². The fourth-order valence-electron chi connectivity index (χ4n) is 2.33. The topological polar surface area (TPSA) is 46.3 Å². The second-order valence-electron chi connectivity index (χ2n) is 5.80. The average molecular weight is 276 g/mol. The minimum Gasteiger partial charge on any atom is -0.342 e. The number of amides is 1. The number of aryl methyl sites for hydroxylation is 2.